The van der Waals surface area contributed by atoms with Crippen molar-refractivity contribution in [2.75, 3.05) is 11.1 Å². The molecule has 3 N–H and O–H groups in total. The van der Waals surface area contributed by atoms with Gasteiger partial charge in [-0.05, 0) is 37.5 Å². The monoisotopic (exact) mass is 268 g/mol. The predicted molar refractivity (Wildman–Crippen MR) is 69.0 cm³/mol. The van der Waals surface area contributed by atoms with E-state index in [0.29, 0.717) is 6.04 Å². The average molecular weight is 269 g/mol. The molecule has 1 aliphatic rings. The van der Waals surface area contributed by atoms with Gasteiger partial charge in [-0.1, -0.05) is 28.8 Å². The van der Waals surface area contributed by atoms with Crippen LogP contribution in [0.4, 0.5) is 11.4 Å². The van der Waals surface area contributed by atoms with E-state index in [-0.39, 0.29) is 0 Å². The summed E-state index contributed by atoms with van der Waals surface area (Å²) in [5, 5.41) is 3.46. The van der Waals surface area contributed by atoms with E-state index < -0.39 is 0 Å². The van der Waals surface area contributed by atoms with E-state index in [4.69, 9.17) is 5.73 Å². The molecule has 2 rings (SSSR count). The SMILES string of the molecule is CC(CC1CC1)Nc1ccc(Br)cc1N. The third-order valence-electron chi connectivity index (χ3n) is 2.80. The number of hydrogen-bond acceptors (Lipinski definition) is 2. The highest BCUT2D eigenvalue weighted by Crippen LogP contribution is 2.34. The van der Waals surface area contributed by atoms with Crippen molar-refractivity contribution in [3.63, 3.8) is 0 Å². The molecule has 0 aromatic heterocycles. The second-order valence-electron chi connectivity index (χ2n) is 4.46. The van der Waals surface area contributed by atoms with Gasteiger partial charge in [0.2, 0.25) is 0 Å². The van der Waals surface area contributed by atoms with E-state index in [1.165, 1.54) is 19.3 Å². The first-order valence-electron chi connectivity index (χ1n) is 5.46. The normalized spacial score (nSPS) is 17.5. The van der Waals surface area contributed by atoms with E-state index in [2.05, 4.69) is 28.2 Å². The number of nitrogens with two attached hydrogens (primary N) is 1. The third-order valence-corrected chi connectivity index (χ3v) is 3.29. The first-order chi connectivity index (χ1) is 7.15. The molecule has 0 spiro atoms. The summed E-state index contributed by atoms with van der Waals surface area (Å²) in [6, 6.07) is 6.50. The minimum absolute atomic E-state index is 0.515. The molecule has 1 atom stereocenters. The van der Waals surface area contributed by atoms with Gasteiger partial charge in [0.15, 0.2) is 0 Å². The van der Waals surface area contributed by atoms with Gasteiger partial charge < -0.3 is 11.1 Å². The molecule has 82 valence electrons. The average Bonchev–Trinajstić information content (AvgIpc) is 2.94. The van der Waals surface area contributed by atoms with Gasteiger partial charge in [0, 0.05) is 10.5 Å². The van der Waals surface area contributed by atoms with Crippen molar-refractivity contribution in [3.8, 4) is 0 Å². The highest BCUT2D eigenvalue weighted by molar-refractivity contribution is 9.10. The number of benzene rings is 1. The van der Waals surface area contributed by atoms with Gasteiger partial charge in [-0.25, -0.2) is 0 Å². The van der Waals surface area contributed by atoms with Crippen LogP contribution in [0.1, 0.15) is 26.2 Å². The van der Waals surface area contributed by atoms with Gasteiger partial charge in [-0.15, -0.1) is 0 Å². The van der Waals surface area contributed by atoms with Crippen molar-refractivity contribution < 1.29 is 0 Å². The molecule has 3 heteroatoms. The maximum absolute atomic E-state index is 5.92. The Labute approximate surface area is 99.4 Å². The molecule has 0 aliphatic heterocycles. The molecule has 0 heterocycles. The maximum Gasteiger partial charge on any atom is 0.0576 e. The first-order valence-corrected chi connectivity index (χ1v) is 6.26. The van der Waals surface area contributed by atoms with Crippen molar-refractivity contribution in [2.45, 2.75) is 32.2 Å². The molecule has 1 aliphatic carbocycles. The van der Waals surface area contributed by atoms with Gasteiger partial charge >= 0.3 is 0 Å². The summed E-state index contributed by atoms with van der Waals surface area (Å²) < 4.78 is 1.03. The molecular weight excluding hydrogens is 252 g/mol. The smallest absolute Gasteiger partial charge is 0.0576 e. The standard InChI is InChI=1S/C12H17BrN2/c1-8(6-9-2-3-9)15-12-5-4-10(13)7-11(12)14/h4-5,7-9,15H,2-3,6,14H2,1H3. The lowest BCUT2D eigenvalue weighted by Gasteiger charge is -2.16. The second kappa shape index (κ2) is 4.44. The van der Waals surface area contributed by atoms with Crippen LogP contribution in [0.15, 0.2) is 22.7 Å². The summed E-state index contributed by atoms with van der Waals surface area (Å²) in [5.41, 5.74) is 7.78. The van der Waals surface area contributed by atoms with E-state index in [1.807, 2.05) is 18.2 Å². The Morgan fingerprint density at radius 3 is 2.87 bits per heavy atom. The van der Waals surface area contributed by atoms with Crippen LogP contribution in [-0.2, 0) is 0 Å². The molecule has 0 amide bonds. The molecule has 0 saturated heterocycles. The first kappa shape index (κ1) is 10.8. The Balaban J connectivity index is 1.96. The highest BCUT2D eigenvalue weighted by Gasteiger charge is 2.23. The number of anilines is 2. The van der Waals surface area contributed by atoms with Gasteiger partial charge in [-0.3, -0.25) is 0 Å². The van der Waals surface area contributed by atoms with Crippen molar-refractivity contribution in [2.24, 2.45) is 5.92 Å². The maximum atomic E-state index is 5.92. The number of rotatable bonds is 4. The second-order valence-corrected chi connectivity index (χ2v) is 5.37. The molecular formula is C12H17BrN2. The Kier molecular flexibility index (Phi) is 3.19. The Bertz CT molecular complexity index is 347. The van der Waals surface area contributed by atoms with E-state index in [9.17, 15) is 0 Å². The third kappa shape index (κ3) is 3.13. The van der Waals surface area contributed by atoms with Crippen LogP contribution < -0.4 is 11.1 Å². The van der Waals surface area contributed by atoms with Crippen molar-refractivity contribution >= 4 is 27.3 Å². The van der Waals surface area contributed by atoms with E-state index in [1.54, 1.807) is 0 Å². The molecule has 2 nitrogen and oxygen atoms in total. The van der Waals surface area contributed by atoms with Gasteiger partial charge in [-0.2, -0.15) is 0 Å². The van der Waals surface area contributed by atoms with Crippen LogP contribution in [-0.4, -0.2) is 6.04 Å². The van der Waals surface area contributed by atoms with Crippen LogP contribution in [0.3, 0.4) is 0 Å². The fraction of sp³-hybridized carbons (Fsp3) is 0.500. The van der Waals surface area contributed by atoms with Crippen LogP contribution >= 0.6 is 15.9 Å². The van der Waals surface area contributed by atoms with E-state index in [0.717, 1.165) is 21.8 Å². The fourth-order valence-corrected chi connectivity index (χ4v) is 2.22. The topological polar surface area (TPSA) is 38.0 Å². The zero-order valence-electron chi connectivity index (χ0n) is 8.96. The molecule has 0 radical (unpaired) electrons. The number of halogens is 1. The van der Waals surface area contributed by atoms with Crippen molar-refractivity contribution in [3.05, 3.63) is 22.7 Å². The van der Waals surface area contributed by atoms with Gasteiger partial charge in [0.05, 0.1) is 11.4 Å². The highest BCUT2D eigenvalue weighted by atomic mass is 79.9. The molecule has 1 unspecified atom stereocenters. The largest absolute Gasteiger partial charge is 0.397 e. The summed E-state index contributed by atoms with van der Waals surface area (Å²) in [5.74, 6) is 0.948. The van der Waals surface area contributed by atoms with Crippen LogP contribution in [0, 0.1) is 5.92 Å². The lowest BCUT2D eigenvalue weighted by Crippen LogP contribution is -2.16. The zero-order valence-corrected chi connectivity index (χ0v) is 10.5. The lowest BCUT2D eigenvalue weighted by atomic mass is 10.1. The Hall–Kier alpha value is -0.700. The summed E-state index contributed by atoms with van der Waals surface area (Å²) in [7, 11) is 0. The molecule has 1 aromatic rings. The molecule has 1 fully saturated rings. The fourth-order valence-electron chi connectivity index (χ4n) is 1.84. The van der Waals surface area contributed by atoms with Crippen molar-refractivity contribution in [1.82, 2.24) is 0 Å². The Morgan fingerprint density at radius 2 is 2.27 bits per heavy atom. The quantitative estimate of drug-likeness (QED) is 0.819. The number of hydrogen-bond donors (Lipinski definition) is 2. The summed E-state index contributed by atoms with van der Waals surface area (Å²) in [6.45, 7) is 2.22. The minimum Gasteiger partial charge on any atom is -0.397 e. The minimum atomic E-state index is 0.515. The molecule has 0 bridgehead atoms. The van der Waals surface area contributed by atoms with Crippen LogP contribution in [0.5, 0.6) is 0 Å². The number of nitrogen functional groups attached to an aromatic ring is 1. The summed E-state index contributed by atoms with van der Waals surface area (Å²) >= 11 is 3.41. The lowest BCUT2D eigenvalue weighted by molar-refractivity contribution is 0.642. The predicted octanol–water partition coefficient (Wildman–Crippen LogP) is 3.63. The summed E-state index contributed by atoms with van der Waals surface area (Å²) in [6.07, 6.45) is 4.07. The summed E-state index contributed by atoms with van der Waals surface area (Å²) in [4.78, 5) is 0. The van der Waals surface area contributed by atoms with Crippen molar-refractivity contribution in [1.29, 1.82) is 0 Å². The van der Waals surface area contributed by atoms with E-state index >= 15 is 0 Å². The molecule has 1 aromatic carbocycles. The Morgan fingerprint density at radius 1 is 1.53 bits per heavy atom. The zero-order chi connectivity index (χ0) is 10.8. The van der Waals surface area contributed by atoms with Crippen LogP contribution in [0.2, 0.25) is 0 Å². The van der Waals surface area contributed by atoms with Crippen LogP contribution in [0.25, 0.3) is 0 Å². The van der Waals surface area contributed by atoms with Gasteiger partial charge in [0.25, 0.3) is 0 Å². The molecule has 1 saturated carbocycles. The molecule has 15 heavy (non-hydrogen) atoms. The number of nitrogens with one attached hydrogen (secondary N) is 1. The van der Waals surface area contributed by atoms with Gasteiger partial charge in [0.1, 0.15) is 0 Å².